The Bertz CT molecular complexity index is 569. The number of hydrogen-bond donors (Lipinski definition) is 3. The minimum Gasteiger partial charge on any atom is -0.480 e. The molecule has 1 aromatic carbocycles. The van der Waals surface area contributed by atoms with Crippen molar-refractivity contribution in [3.05, 3.63) is 48.0 Å². The molecule has 0 spiro atoms. The molecule has 1 atom stereocenters. The minimum absolute atomic E-state index is 0.00374. The summed E-state index contributed by atoms with van der Waals surface area (Å²) < 4.78 is 0. The Morgan fingerprint density at radius 3 is 2.65 bits per heavy atom. The van der Waals surface area contributed by atoms with Crippen LogP contribution in [0.2, 0.25) is 0 Å². The minimum atomic E-state index is -1.08. The number of aliphatic carboxylic acids is 1. The summed E-state index contributed by atoms with van der Waals surface area (Å²) in [7, 11) is 0. The number of aromatic nitrogens is 3. The third-order valence-corrected chi connectivity index (χ3v) is 2.80. The number of nitrogens with zero attached hydrogens (tertiary/aromatic N) is 2. The molecule has 2 aromatic rings. The summed E-state index contributed by atoms with van der Waals surface area (Å²) in [6.45, 7) is 0. The molecule has 1 heterocycles. The van der Waals surface area contributed by atoms with Gasteiger partial charge in [-0.25, -0.2) is 9.78 Å². The first-order valence-corrected chi connectivity index (χ1v) is 6.10. The Morgan fingerprint density at radius 2 is 2.05 bits per heavy atom. The summed E-state index contributed by atoms with van der Waals surface area (Å²) in [5.74, 6) is -1.66. The van der Waals surface area contributed by atoms with Crippen molar-refractivity contribution in [2.24, 2.45) is 0 Å². The SMILES string of the molecule is O=C(N[C@@H](CCc1ccccc1)C(=O)O)c1ncn[nH]1. The first-order chi connectivity index (χ1) is 9.66. The molecule has 0 aliphatic heterocycles. The molecule has 0 aliphatic rings. The van der Waals surface area contributed by atoms with Crippen LogP contribution in [0.25, 0.3) is 0 Å². The number of H-pyrrole nitrogens is 1. The highest BCUT2D eigenvalue weighted by atomic mass is 16.4. The maximum Gasteiger partial charge on any atom is 0.326 e. The summed E-state index contributed by atoms with van der Waals surface area (Å²) in [6.07, 6.45) is 2.06. The lowest BCUT2D eigenvalue weighted by Crippen LogP contribution is -2.41. The second-order valence-corrected chi connectivity index (χ2v) is 4.22. The Hall–Kier alpha value is -2.70. The van der Waals surface area contributed by atoms with Crippen molar-refractivity contribution in [2.45, 2.75) is 18.9 Å². The lowest BCUT2D eigenvalue weighted by molar-refractivity contribution is -0.139. The summed E-state index contributed by atoms with van der Waals surface area (Å²) in [4.78, 5) is 26.6. The molecule has 0 saturated carbocycles. The third kappa shape index (κ3) is 3.64. The highest BCUT2D eigenvalue weighted by Gasteiger charge is 2.21. The summed E-state index contributed by atoms with van der Waals surface area (Å²) >= 11 is 0. The van der Waals surface area contributed by atoms with Gasteiger partial charge in [0, 0.05) is 0 Å². The fourth-order valence-corrected chi connectivity index (χ4v) is 1.75. The van der Waals surface area contributed by atoms with E-state index in [1.54, 1.807) is 0 Å². The zero-order valence-electron chi connectivity index (χ0n) is 10.6. The molecule has 0 saturated heterocycles. The maximum atomic E-state index is 11.7. The highest BCUT2D eigenvalue weighted by molar-refractivity contribution is 5.93. The van der Waals surface area contributed by atoms with Gasteiger partial charge < -0.3 is 10.4 Å². The van der Waals surface area contributed by atoms with Gasteiger partial charge in [-0.3, -0.25) is 9.89 Å². The maximum absolute atomic E-state index is 11.7. The van der Waals surface area contributed by atoms with Gasteiger partial charge in [0.15, 0.2) is 0 Å². The number of nitrogens with one attached hydrogen (secondary N) is 2. The Balaban J connectivity index is 1.94. The van der Waals surface area contributed by atoms with Gasteiger partial charge in [0.05, 0.1) is 0 Å². The number of rotatable bonds is 6. The summed E-state index contributed by atoms with van der Waals surface area (Å²) in [5, 5.41) is 17.5. The van der Waals surface area contributed by atoms with Crippen LogP contribution in [0, 0.1) is 0 Å². The molecule has 1 aromatic heterocycles. The van der Waals surface area contributed by atoms with Gasteiger partial charge in [-0.2, -0.15) is 5.10 Å². The lowest BCUT2D eigenvalue weighted by Gasteiger charge is -2.13. The van der Waals surface area contributed by atoms with Crippen molar-refractivity contribution in [2.75, 3.05) is 0 Å². The van der Waals surface area contributed by atoms with Crippen LogP contribution >= 0.6 is 0 Å². The molecule has 104 valence electrons. The van der Waals surface area contributed by atoms with Crippen molar-refractivity contribution in [3.8, 4) is 0 Å². The molecule has 0 bridgehead atoms. The molecule has 1 amide bonds. The third-order valence-electron chi connectivity index (χ3n) is 2.80. The molecule has 7 nitrogen and oxygen atoms in total. The van der Waals surface area contributed by atoms with Gasteiger partial charge in [0.1, 0.15) is 12.4 Å². The molecule has 0 radical (unpaired) electrons. The average molecular weight is 274 g/mol. The van der Waals surface area contributed by atoms with Crippen LogP contribution in [0.5, 0.6) is 0 Å². The van der Waals surface area contributed by atoms with E-state index in [4.69, 9.17) is 5.11 Å². The normalized spacial score (nSPS) is 11.8. The van der Waals surface area contributed by atoms with Crippen LogP contribution in [0.15, 0.2) is 36.7 Å². The van der Waals surface area contributed by atoms with Crippen LogP contribution in [0.4, 0.5) is 0 Å². The van der Waals surface area contributed by atoms with E-state index in [2.05, 4.69) is 20.5 Å². The molecule has 0 aliphatic carbocycles. The molecular weight excluding hydrogens is 260 g/mol. The molecule has 20 heavy (non-hydrogen) atoms. The zero-order valence-corrected chi connectivity index (χ0v) is 10.6. The van der Waals surface area contributed by atoms with Crippen LogP contribution in [0.3, 0.4) is 0 Å². The Kier molecular flexibility index (Phi) is 4.43. The van der Waals surface area contributed by atoms with Gasteiger partial charge in [-0.15, -0.1) is 0 Å². The van der Waals surface area contributed by atoms with E-state index in [1.807, 2.05) is 30.3 Å². The van der Waals surface area contributed by atoms with Crippen molar-refractivity contribution in [1.29, 1.82) is 0 Å². The number of carboxylic acid groups (broad SMARTS) is 1. The number of aryl methyl sites for hydroxylation is 1. The van der Waals surface area contributed by atoms with Gasteiger partial charge in [-0.05, 0) is 18.4 Å². The predicted octanol–water partition coefficient (Wildman–Crippen LogP) is 0.620. The van der Waals surface area contributed by atoms with Crippen molar-refractivity contribution in [3.63, 3.8) is 0 Å². The molecule has 0 fully saturated rings. The van der Waals surface area contributed by atoms with Gasteiger partial charge in [0.25, 0.3) is 5.91 Å². The second-order valence-electron chi connectivity index (χ2n) is 4.22. The van der Waals surface area contributed by atoms with E-state index in [0.29, 0.717) is 12.8 Å². The van der Waals surface area contributed by atoms with Crippen molar-refractivity contribution < 1.29 is 14.7 Å². The Morgan fingerprint density at radius 1 is 1.30 bits per heavy atom. The fraction of sp³-hybridized carbons (Fsp3) is 0.231. The van der Waals surface area contributed by atoms with E-state index < -0.39 is 17.9 Å². The van der Waals surface area contributed by atoms with E-state index in [9.17, 15) is 9.59 Å². The first-order valence-electron chi connectivity index (χ1n) is 6.10. The number of carbonyl (C=O) groups is 2. The number of benzene rings is 1. The smallest absolute Gasteiger partial charge is 0.326 e. The molecule has 0 unspecified atom stereocenters. The second kappa shape index (κ2) is 6.46. The van der Waals surface area contributed by atoms with Gasteiger partial charge >= 0.3 is 5.97 Å². The van der Waals surface area contributed by atoms with Crippen molar-refractivity contribution >= 4 is 11.9 Å². The monoisotopic (exact) mass is 274 g/mol. The standard InChI is InChI=1S/C13H14N4O3/c18-12(11-14-8-15-17-11)16-10(13(19)20)7-6-9-4-2-1-3-5-9/h1-5,8,10H,6-7H2,(H,16,18)(H,19,20)(H,14,15,17)/t10-/m0/s1. The van der Waals surface area contributed by atoms with Gasteiger partial charge in [0.2, 0.25) is 5.82 Å². The van der Waals surface area contributed by atoms with Crippen LogP contribution in [-0.2, 0) is 11.2 Å². The van der Waals surface area contributed by atoms with Crippen molar-refractivity contribution in [1.82, 2.24) is 20.5 Å². The zero-order chi connectivity index (χ0) is 14.4. The number of carboxylic acids is 1. The molecule has 7 heteroatoms. The Labute approximate surface area is 115 Å². The lowest BCUT2D eigenvalue weighted by atomic mass is 10.1. The topological polar surface area (TPSA) is 108 Å². The van der Waals surface area contributed by atoms with E-state index in [0.717, 1.165) is 5.56 Å². The summed E-state index contributed by atoms with van der Waals surface area (Å²) in [6, 6.07) is 8.53. The number of carbonyl (C=O) groups excluding carboxylic acids is 1. The quantitative estimate of drug-likeness (QED) is 0.715. The molecule has 3 N–H and O–H groups in total. The van der Waals surface area contributed by atoms with E-state index in [-0.39, 0.29) is 5.82 Å². The fourth-order valence-electron chi connectivity index (χ4n) is 1.75. The average Bonchev–Trinajstić information content (AvgIpc) is 2.98. The molecule has 2 rings (SSSR count). The van der Waals surface area contributed by atoms with Crippen LogP contribution in [-0.4, -0.2) is 38.2 Å². The first kappa shape index (κ1) is 13.7. The van der Waals surface area contributed by atoms with Crippen LogP contribution in [0.1, 0.15) is 22.6 Å². The van der Waals surface area contributed by atoms with E-state index >= 15 is 0 Å². The van der Waals surface area contributed by atoms with Crippen LogP contribution < -0.4 is 5.32 Å². The highest BCUT2D eigenvalue weighted by Crippen LogP contribution is 2.05. The molecular formula is C13H14N4O3. The summed E-state index contributed by atoms with van der Waals surface area (Å²) in [5.41, 5.74) is 1.02. The largest absolute Gasteiger partial charge is 0.480 e. The number of amides is 1. The number of aromatic amines is 1. The predicted molar refractivity (Wildman–Crippen MR) is 70.0 cm³/mol. The van der Waals surface area contributed by atoms with Gasteiger partial charge in [-0.1, -0.05) is 30.3 Å². The van der Waals surface area contributed by atoms with E-state index in [1.165, 1.54) is 6.33 Å². The number of hydrogen-bond acceptors (Lipinski definition) is 4.